The number of methoxy groups -OCH3 is 1. The van der Waals surface area contributed by atoms with E-state index in [0.29, 0.717) is 11.0 Å². The van der Waals surface area contributed by atoms with Crippen molar-refractivity contribution in [2.24, 2.45) is 5.10 Å². The molecule has 0 atom stereocenters. The van der Waals surface area contributed by atoms with E-state index in [1.807, 2.05) is 95.6 Å². The molecule has 3 aromatic carbocycles. The Morgan fingerprint density at radius 2 is 1.71 bits per heavy atom. The van der Waals surface area contributed by atoms with E-state index in [1.54, 1.807) is 13.2 Å². The number of hydrogen-bond acceptors (Lipinski definition) is 6. The number of amides is 1. The monoisotopic (exact) mass is 469 g/mol. The normalized spacial score (nSPS) is 11.2. The Balaban J connectivity index is 1.40. The van der Waals surface area contributed by atoms with Gasteiger partial charge in [0.2, 0.25) is 0 Å². The van der Waals surface area contributed by atoms with Gasteiger partial charge < -0.3 is 4.74 Å². The van der Waals surface area contributed by atoms with Crippen LogP contribution in [0, 0.1) is 0 Å². The van der Waals surface area contributed by atoms with Gasteiger partial charge in [0.15, 0.2) is 11.0 Å². The van der Waals surface area contributed by atoms with Crippen molar-refractivity contribution in [3.05, 3.63) is 96.6 Å². The molecule has 0 saturated carbocycles. The minimum atomic E-state index is -0.240. The van der Waals surface area contributed by atoms with E-state index in [-0.39, 0.29) is 11.7 Å². The van der Waals surface area contributed by atoms with Crippen molar-refractivity contribution in [3.8, 4) is 22.8 Å². The van der Waals surface area contributed by atoms with Gasteiger partial charge in [-0.2, -0.15) is 5.10 Å². The van der Waals surface area contributed by atoms with Crippen LogP contribution in [0.5, 0.6) is 5.75 Å². The van der Waals surface area contributed by atoms with E-state index in [4.69, 9.17) is 4.74 Å². The Bertz CT molecular complexity index is 1290. The molecular formula is C26H23N5O2S. The van der Waals surface area contributed by atoms with Crippen LogP contribution in [0.3, 0.4) is 0 Å². The lowest BCUT2D eigenvalue weighted by Gasteiger charge is -2.10. The van der Waals surface area contributed by atoms with Gasteiger partial charge in [0.25, 0.3) is 5.91 Å². The first kappa shape index (κ1) is 23.0. The molecule has 34 heavy (non-hydrogen) atoms. The second-order valence-electron chi connectivity index (χ2n) is 7.05. The summed E-state index contributed by atoms with van der Waals surface area (Å²) in [6.07, 6.45) is 5.12. The number of carbonyl (C=O) groups is 1. The van der Waals surface area contributed by atoms with E-state index in [2.05, 4.69) is 20.7 Å². The number of thioether (sulfide) groups is 1. The molecule has 170 valence electrons. The first-order valence-corrected chi connectivity index (χ1v) is 11.6. The Morgan fingerprint density at radius 3 is 2.47 bits per heavy atom. The van der Waals surface area contributed by atoms with Crippen LogP contribution in [0.2, 0.25) is 0 Å². The topological polar surface area (TPSA) is 81.4 Å². The van der Waals surface area contributed by atoms with Crippen LogP contribution in [0.1, 0.15) is 5.56 Å². The number of para-hydroxylation sites is 2. The number of aromatic nitrogens is 3. The van der Waals surface area contributed by atoms with Crippen molar-refractivity contribution in [1.29, 1.82) is 0 Å². The highest BCUT2D eigenvalue weighted by atomic mass is 32.2. The van der Waals surface area contributed by atoms with Crippen LogP contribution in [0.15, 0.2) is 101 Å². The lowest BCUT2D eigenvalue weighted by atomic mass is 10.2. The van der Waals surface area contributed by atoms with Gasteiger partial charge in [-0.05, 0) is 30.4 Å². The van der Waals surface area contributed by atoms with E-state index in [0.717, 1.165) is 22.6 Å². The average Bonchev–Trinajstić information content (AvgIpc) is 3.32. The van der Waals surface area contributed by atoms with Gasteiger partial charge in [0.05, 0.1) is 12.9 Å². The van der Waals surface area contributed by atoms with E-state index in [9.17, 15) is 4.79 Å². The van der Waals surface area contributed by atoms with Gasteiger partial charge >= 0.3 is 0 Å². The Labute approximate surface area is 202 Å². The van der Waals surface area contributed by atoms with E-state index >= 15 is 0 Å². The summed E-state index contributed by atoms with van der Waals surface area (Å²) >= 11 is 1.30. The van der Waals surface area contributed by atoms with Gasteiger partial charge in [-0.15, -0.1) is 10.2 Å². The van der Waals surface area contributed by atoms with Gasteiger partial charge in [0, 0.05) is 23.0 Å². The Kier molecular flexibility index (Phi) is 7.86. The lowest BCUT2D eigenvalue weighted by molar-refractivity contribution is -0.118. The lowest BCUT2D eigenvalue weighted by Crippen LogP contribution is -2.19. The summed E-state index contributed by atoms with van der Waals surface area (Å²) in [4.78, 5) is 12.3. The van der Waals surface area contributed by atoms with Crippen molar-refractivity contribution < 1.29 is 9.53 Å². The molecule has 8 heteroatoms. The van der Waals surface area contributed by atoms with Crippen molar-refractivity contribution >= 4 is 30.0 Å². The number of allylic oxidation sites excluding steroid dienone is 1. The van der Waals surface area contributed by atoms with Crippen LogP contribution < -0.4 is 10.2 Å². The number of hydrazone groups is 1. The fraction of sp³-hybridized carbons (Fsp3) is 0.0769. The molecule has 0 aliphatic carbocycles. The summed E-state index contributed by atoms with van der Waals surface area (Å²) in [5.74, 6) is 1.39. The van der Waals surface area contributed by atoms with Gasteiger partial charge in [-0.3, -0.25) is 9.36 Å². The third-order valence-corrected chi connectivity index (χ3v) is 5.71. The smallest absolute Gasteiger partial charge is 0.250 e. The van der Waals surface area contributed by atoms with Crippen LogP contribution >= 0.6 is 11.8 Å². The third kappa shape index (κ3) is 5.79. The molecule has 1 heterocycles. The summed E-state index contributed by atoms with van der Waals surface area (Å²) in [6.45, 7) is 0. The SMILES string of the molecule is COc1ccccc1/C=C/C=N\NC(=O)CSc1nnc(-c2ccccc2)n1-c1ccccc1. The molecule has 0 spiro atoms. The standard InChI is InChI=1S/C26H23N5O2S/c1-33-23-17-9-8-11-20(23)14-10-18-27-28-24(32)19-34-26-30-29-25(21-12-4-2-5-13-21)31(26)22-15-6-3-7-16-22/h2-18H,19H2,1H3,(H,28,32)/b14-10+,27-18-. The van der Waals surface area contributed by atoms with Crippen LogP contribution in [0.4, 0.5) is 0 Å². The Hall–Kier alpha value is -4.17. The zero-order chi connectivity index (χ0) is 23.6. The maximum Gasteiger partial charge on any atom is 0.250 e. The van der Waals surface area contributed by atoms with Gasteiger partial charge in [-0.25, -0.2) is 5.43 Å². The highest BCUT2D eigenvalue weighted by molar-refractivity contribution is 7.99. The molecule has 4 rings (SSSR count). The fourth-order valence-electron chi connectivity index (χ4n) is 3.21. The summed E-state index contributed by atoms with van der Waals surface area (Å²) in [7, 11) is 1.63. The van der Waals surface area contributed by atoms with Gasteiger partial charge in [-0.1, -0.05) is 78.5 Å². The zero-order valence-corrected chi connectivity index (χ0v) is 19.4. The average molecular weight is 470 g/mol. The first-order chi connectivity index (χ1) is 16.8. The van der Waals surface area contributed by atoms with Crippen molar-refractivity contribution in [3.63, 3.8) is 0 Å². The number of benzene rings is 3. The predicted octanol–water partition coefficient (Wildman–Crippen LogP) is 4.85. The molecule has 4 aromatic rings. The number of nitrogens with one attached hydrogen (secondary N) is 1. The molecular weight excluding hydrogens is 446 g/mol. The molecule has 1 aromatic heterocycles. The zero-order valence-electron chi connectivity index (χ0n) is 18.5. The molecule has 0 saturated heterocycles. The maximum absolute atomic E-state index is 12.3. The summed E-state index contributed by atoms with van der Waals surface area (Å²) < 4.78 is 7.26. The third-order valence-electron chi connectivity index (χ3n) is 4.78. The highest BCUT2D eigenvalue weighted by Crippen LogP contribution is 2.27. The number of carbonyl (C=O) groups excluding carboxylic acids is 1. The molecule has 0 fully saturated rings. The number of hydrogen-bond donors (Lipinski definition) is 1. The molecule has 0 unspecified atom stereocenters. The van der Waals surface area contributed by atoms with Crippen molar-refractivity contribution in [2.75, 3.05) is 12.9 Å². The summed E-state index contributed by atoms with van der Waals surface area (Å²) in [6, 6.07) is 27.3. The van der Waals surface area contributed by atoms with E-state index < -0.39 is 0 Å². The van der Waals surface area contributed by atoms with Crippen molar-refractivity contribution in [2.45, 2.75) is 5.16 Å². The molecule has 0 radical (unpaired) electrons. The number of nitrogens with zero attached hydrogens (tertiary/aromatic N) is 4. The number of rotatable bonds is 9. The second-order valence-corrected chi connectivity index (χ2v) is 7.99. The minimum Gasteiger partial charge on any atom is -0.496 e. The quantitative estimate of drug-likeness (QED) is 0.215. The first-order valence-electron chi connectivity index (χ1n) is 10.6. The van der Waals surface area contributed by atoms with Crippen molar-refractivity contribution in [1.82, 2.24) is 20.2 Å². The molecule has 0 aliphatic rings. The van der Waals surface area contributed by atoms with Crippen LogP contribution in [-0.2, 0) is 4.79 Å². The molecule has 1 N–H and O–H groups in total. The molecule has 0 bridgehead atoms. The number of ether oxygens (including phenoxy) is 1. The summed E-state index contributed by atoms with van der Waals surface area (Å²) in [5.41, 5.74) is 5.33. The highest BCUT2D eigenvalue weighted by Gasteiger charge is 2.16. The fourth-order valence-corrected chi connectivity index (χ4v) is 3.96. The molecule has 0 aliphatic heterocycles. The van der Waals surface area contributed by atoms with Crippen LogP contribution in [-0.4, -0.2) is 39.7 Å². The summed E-state index contributed by atoms with van der Waals surface area (Å²) in [5, 5.41) is 13.3. The molecule has 7 nitrogen and oxygen atoms in total. The second kappa shape index (κ2) is 11.6. The molecule has 1 amide bonds. The largest absolute Gasteiger partial charge is 0.496 e. The minimum absolute atomic E-state index is 0.146. The van der Waals surface area contributed by atoms with Gasteiger partial charge in [0.1, 0.15) is 5.75 Å². The van der Waals surface area contributed by atoms with E-state index in [1.165, 1.54) is 18.0 Å². The van der Waals surface area contributed by atoms with Crippen LogP contribution in [0.25, 0.3) is 23.2 Å². The maximum atomic E-state index is 12.3. The predicted molar refractivity (Wildman–Crippen MR) is 136 cm³/mol. The Morgan fingerprint density at radius 1 is 1.00 bits per heavy atom.